The molecule has 0 unspecified atom stereocenters. The summed E-state index contributed by atoms with van der Waals surface area (Å²) in [5.74, 6) is 1.55. The molecule has 2 aromatic carbocycles. The molecule has 0 fully saturated rings. The first-order valence-electron chi connectivity index (χ1n) is 6.91. The van der Waals surface area contributed by atoms with Crippen molar-refractivity contribution in [2.24, 2.45) is 0 Å². The lowest BCUT2D eigenvalue weighted by Crippen LogP contribution is -2.06. The molecule has 2 atom stereocenters. The van der Waals surface area contributed by atoms with E-state index in [-0.39, 0.29) is 11.9 Å². The minimum absolute atomic E-state index is 0.0199. The number of ether oxygens (including phenoxy) is 1. The summed E-state index contributed by atoms with van der Waals surface area (Å²) in [5, 5.41) is 9.39. The van der Waals surface area contributed by atoms with Crippen LogP contribution in [0.5, 0.6) is 11.5 Å². The monoisotopic (exact) mass is 266 g/mol. The highest BCUT2D eigenvalue weighted by molar-refractivity contribution is 5.55. The molecule has 0 aromatic heterocycles. The van der Waals surface area contributed by atoms with E-state index in [2.05, 4.69) is 25.1 Å². The van der Waals surface area contributed by atoms with Crippen molar-refractivity contribution >= 4 is 6.08 Å². The van der Waals surface area contributed by atoms with Crippen LogP contribution in [-0.4, -0.2) is 5.11 Å². The summed E-state index contributed by atoms with van der Waals surface area (Å²) >= 11 is 0. The predicted octanol–water partition coefficient (Wildman–Crippen LogP) is 4.66. The fourth-order valence-corrected chi connectivity index (χ4v) is 2.75. The molecule has 2 heteroatoms. The van der Waals surface area contributed by atoms with E-state index in [4.69, 9.17) is 4.74 Å². The summed E-state index contributed by atoms with van der Waals surface area (Å²) in [5.41, 5.74) is 3.55. The molecule has 2 nitrogen and oxygen atoms in total. The second kappa shape index (κ2) is 5.04. The van der Waals surface area contributed by atoms with E-state index in [0.29, 0.717) is 5.92 Å². The Morgan fingerprint density at radius 1 is 1.10 bits per heavy atom. The van der Waals surface area contributed by atoms with E-state index >= 15 is 0 Å². The number of aromatic hydroxyl groups is 1. The quantitative estimate of drug-likeness (QED) is 0.856. The first-order valence-corrected chi connectivity index (χ1v) is 6.91. The Morgan fingerprint density at radius 3 is 2.55 bits per heavy atom. The number of benzene rings is 2. The van der Waals surface area contributed by atoms with Gasteiger partial charge in [0, 0.05) is 11.5 Å². The Kier molecular flexibility index (Phi) is 3.23. The first kappa shape index (κ1) is 12.8. The lowest BCUT2D eigenvalue weighted by molar-refractivity contribution is 0.216. The molecule has 1 N–H and O–H groups in total. The van der Waals surface area contributed by atoms with Crippen LogP contribution in [0.1, 0.15) is 42.6 Å². The van der Waals surface area contributed by atoms with E-state index in [1.807, 2.05) is 31.2 Å². The largest absolute Gasteiger partial charge is 0.508 e. The number of phenols is 1. The zero-order valence-electron chi connectivity index (χ0n) is 11.7. The van der Waals surface area contributed by atoms with Crippen molar-refractivity contribution in [3.05, 3.63) is 65.2 Å². The van der Waals surface area contributed by atoms with Crippen LogP contribution in [0.2, 0.25) is 0 Å². The van der Waals surface area contributed by atoms with Crippen LogP contribution in [0.3, 0.4) is 0 Å². The van der Waals surface area contributed by atoms with E-state index in [0.717, 1.165) is 11.3 Å². The van der Waals surface area contributed by atoms with E-state index in [1.54, 1.807) is 12.1 Å². The molecule has 1 aliphatic rings. The van der Waals surface area contributed by atoms with Crippen LogP contribution in [-0.2, 0) is 0 Å². The van der Waals surface area contributed by atoms with Gasteiger partial charge in [-0.25, -0.2) is 0 Å². The summed E-state index contributed by atoms with van der Waals surface area (Å²) in [6.45, 7) is 4.20. The molecule has 2 aromatic rings. The molecule has 0 saturated carbocycles. The summed E-state index contributed by atoms with van der Waals surface area (Å²) in [4.78, 5) is 0. The average molecular weight is 266 g/mol. The maximum Gasteiger partial charge on any atom is 0.130 e. The molecule has 3 rings (SSSR count). The van der Waals surface area contributed by atoms with Crippen LogP contribution < -0.4 is 4.74 Å². The van der Waals surface area contributed by atoms with Gasteiger partial charge < -0.3 is 9.84 Å². The predicted molar refractivity (Wildman–Crippen MR) is 81.0 cm³/mol. The molecular weight excluding hydrogens is 248 g/mol. The highest BCUT2D eigenvalue weighted by atomic mass is 16.5. The maximum absolute atomic E-state index is 9.39. The molecule has 0 radical (unpaired) electrons. The number of allylic oxidation sites excluding steroid dienone is 1. The van der Waals surface area contributed by atoms with E-state index in [9.17, 15) is 5.11 Å². The Bertz CT molecular complexity index is 641. The molecule has 1 heterocycles. The van der Waals surface area contributed by atoms with Gasteiger partial charge in [-0.05, 0) is 42.3 Å². The molecule has 1 aliphatic heterocycles. The van der Waals surface area contributed by atoms with Gasteiger partial charge >= 0.3 is 0 Å². The van der Waals surface area contributed by atoms with Crippen molar-refractivity contribution in [2.45, 2.75) is 25.9 Å². The lowest BCUT2D eigenvalue weighted by atomic mass is 9.92. The Morgan fingerprint density at radius 2 is 1.85 bits per heavy atom. The van der Waals surface area contributed by atoms with Gasteiger partial charge in [-0.3, -0.25) is 0 Å². The number of hydrogen-bond acceptors (Lipinski definition) is 2. The normalized spacial score (nSPS) is 20.9. The first-order chi connectivity index (χ1) is 9.69. The average Bonchev–Trinajstić information content (AvgIpc) is 2.78. The van der Waals surface area contributed by atoms with E-state index < -0.39 is 0 Å². The standard InChI is InChI=1S/C18H18O2/c1-3-4-13-5-10-17-16(11-13)12(2)18(20-17)14-6-8-15(19)9-7-14/h3-12,18-19H,1-2H3/t12-,18+/m1/s1. The smallest absolute Gasteiger partial charge is 0.130 e. The van der Waals surface area contributed by atoms with Crippen molar-refractivity contribution in [3.8, 4) is 11.5 Å². The fourth-order valence-electron chi connectivity index (χ4n) is 2.75. The van der Waals surface area contributed by atoms with Crippen LogP contribution in [0.25, 0.3) is 6.08 Å². The molecule has 0 aliphatic carbocycles. The SMILES string of the molecule is CC=Cc1ccc2c(c1)[C@@H](C)[C@@H](c1ccc(O)cc1)O2. The Balaban J connectivity index is 1.94. The number of hydrogen-bond donors (Lipinski definition) is 1. The highest BCUT2D eigenvalue weighted by Gasteiger charge is 2.32. The zero-order valence-corrected chi connectivity index (χ0v) is 11.7. The topological polar surface area (TPSA) is 29.5 Å². The summed E-state index contributed by atoms with van der Waals surface area (Å²) in [7, 11) is 0. The molecular formula is C18H18O2. The second-order valence-electron chi connectivity index (χ2n) is 5.22. The molecule has 20 heavy (non-hydrogen) atoms. The van der Waals surface area contributed by atoms with Crippen molar-refractivity contribution in [2.75, 3.05) is 0 Å². The van der Waals surface area contributed by atoms with E-state index in [1.165, 1.54) is 11.1 Å². The maximum atomic E-state index is 9.39. The van der Waals surface area contributed by atoms with Crippen LogP contribution in [0, 0.1) is 0 Å². The Labute approximate surface area is 119 Å². The van der Waals surface area contributed by atoms with Gasteiger partial charge in [0.2, 0.25) is 0 Å². The second-order valence-corrected chi connectivity index (χ2v) is 5.22. The van der Waals surface area contributed by atoms with Gasteiger partial charge in [0.25, 0.3) is 0 Å². The van der Waals surface area contributed by atoms with Gasteiger partial charge in [0.1, 0.15) is 17.6 Å². The van der Waals surface area contributed by atoms with Gasteiger partial charge in [0.15, 0.2) is 0 Å². The zero-order chi connectivity index (χ0) is 14.1. The van der Waals surface area contributed by atoms with Crippen LogP contribution >= 0.6 is 0 Å². The van der Waals surface area contributed by atoms with Crippen molar-refractivity contribution in [1.29, 1.82) is 0 Å². The van der Waals surface area contributed by atoms with Gasteiger partial charge in [-0.15, -0.1) is 0 Å². The number of phenolic OH excluding ortho intramolecular Hbond substituents is 1. The van der Waals surface area contributed by atoms with Gasteiger partial charge in [-0.2, -0.15) is 0 Å². The molecule has 0 spiro atoms. The van der Waals surface area contributed by atoms with Crippen LogP contribution in [0.4, 0.5) is 0 Å². The number of fused-ring (bicyclic) bond motifs is 1. The fraction of sp³-hybridized carbons (Fsp3) is 0.222. The third kappa shape index (κ3) is 2.18. The minimum Gasteiger partial charge on any atom is -0.508 e. The molecule has 0 saturated heterocycles. The summed E-state index contributed by atoms with van der Waals surface area (Å²) in [6.07, 6.45) is 4.16. The summed E-state index contributed by atoms with van der Waals surface area (Å²) in [6, 6.07) is 13.6. The molecule has 0 bridgehead atoms. The Hall–Kier alpha value is -2.22. The highest BCUT2D eigenvalue weighted by Crippen LogP contribution is 2.46. The summed E-state index contributed by atoms with van der Waals surface area (Å²) < 4.78 is 6.07. The van der Waals surface area contributed by atoms with Gasteiger partial charge in [-0.1, -0.05) is 37.3 Å². The molecule has 102 valence electrons. The van der Waals surface area contributed by atoms with Crippen molar-refractivity contribution in [1.82, 2.24) is 0 Å². The van der Waals surface area contributed by atoms with Crippen molar-refractivity contribution < 1.29 is 9.84 Å². The lowest BCUT2D eigenvalue weighted by Gasteiger charge is -2.15. The van der Waals surface area contributed by atoms with Crippen LogP contribution in [0.15, 0.2) is 48.5 Å². The van der Waals surface area contributed by atoms with Crippen molar-refractivity contribution in [3.63, 3.8) is 0 Å². The minimum atomic E-state index is 0.0199. The third-order valence-electron chi connectivity index (χ3n) is 3.81. The van der Waals surface area contributed by atoms with Gasteiger partial charge in [0.05, 0.1) is 0 Å². The molecule has 0 amide bonds. The third-order valence-corrected chi connectivity index (χ3v) is 3.81. The number of rotatable bonds is 2.